The van der Waals surface area contributed by atoms with Crippen molar-refractivity contribution in [1.82, 2.24) is 19.5 Å². The standard InChI is InChI=1S/C13H18N4O3/c1-3-12-14-17(13(18)16(12)4-2)7-10-9-8-19-6-5-11(9)20-15-10/h3-8H2,1-2H3. The van der Waals surface area contributed by atoms with E-state index in [-0.39, 0.29) is 5.69 Å². The molecular weight excluding hydrogens is 260 g/mol. The number of aromatic nitrogens is 4. The van der Waals surface area contributed by atoms with E-state index >= 15 is 0 Å². The summed E-state index contributed by atoms with van der Waals surface area (Å²) < 4.78 is 13.9. The molecular formula is C13H18N4O3. The van der Waals surface area contributed by atoms with Crippen LogP contribution in [-0.2, 0) is 37.3 Å². The first-order chi connectivity index (χ1) is 9.74. The molecule has 3 rings (SSSR count). The molecule has 108 valence electrons. The van der Waals surface area contributed by atoms with E-state index < -0.39 is 0 Å². The Labute approximate surface area is 116 Å². The van der Waals surface area contributed by atoms with Crippen LogP contribution in [0.2, 0.25) is 0 Å². The lowest BCUT2D eigenvalue weighted by Gasteiger charge is -2.10. The first-order valence-corrected chi connectivity index (χ1v) is 6.95. The molecule has 0 saturated carbocycles. The lowest BCUT2D eigenvalue weighted by atomic mass is 10.1. The van der Waals surface area contributed by atoms with Gasteiger partial charge >= 0.3 is 5.69 Å². The van der Waals surface area contributed by atoms with Crippen molar-refractivity contribution in [3.63, 3.8) is 0 Å². The number of rotatable bonds is 4. The lowest BCUT2D eigenvalue weighted by molar-refractivity contribution is 0.102. The van der Waals surface area contributed by atoms with E-state index in [1.165, 1.54) is 4.68 Å². The predicted molar refractivity (Wildman–Crippen MR) is 70.5 cm³/mol. The van der Waals surface area contributed by atoms with Crippen molar-refractivity contribution in [3.05, 3.63) is 33.3 Å². The highest BCUT2D eigenvalue weighted by Crippen LogP contribution is 2.20. The summed E-state index contributed by atoms with van der Waals surface area (Å²) in [5.41, 5.74) is 1.61. The molecule has 0 unspecified atom stereocenters. The molecule has 2 aromatic heterocycles. The monoisotopic (exact) mass is 278 g/mol. The Morgan fingerprint density at radius 1 is 1.35 bits per heavy atom. The first kappa shape index (κ1) is 13.1. The number of nitrogens with zero attached hydrogens (tertiary/aromatic N) is 4. The third-order valence-corrected chi connectivity index (χ3v) is 3.60. The maximum Gasteiger partial charge on any atom is 0.346 e. The van der Waals surface area contributed by atoms with E-state index in [1.54, 1.807) is 4.57 Å². The van der Waals surface area contributed by atoms with Gasteiger partial charge in [0.05, 0.1) is 19.8 Å². The van der Waals surface area contributed by atoms with Crippen LogP contribution in [0.5, 0.6) is 0 Å². The van der Waals surface area contributed by atoms with E-state index in [0.29, 0.717) is 26.3 Å². The van der Waals surface area contributed by atoms with Gasteiger partial charge in [0.2, 0.25) is 0 Å². The zero-order valence-electron chi connectivity index (χ0n) is 11.8. The maximum atomic E-state index is 12.2. The minimum atomic E-state index is -0.0992. The first-order valence-electron chi connectivity index (χ1n) is 6.95. The fraction of sp³-hybridized carbons (Fsp3) is 0.615. The molecule has 0 bridgehead atoms. The molecule has 20 heavy (non-hydrogen) atoms. The van der Waals surface area contributed by atoms with Crippen LogP contribution in [0.3, 0.4) is 0 Å². The van der Waals surface area contributed by atoms with Crippen molar-refractivity contribution in [2.24, 2.45) is 0 Å². The van der Waals surface area contributed by atoms with Gasteiger partial charge in [-0.3, -0.25) is 4.57 Å². The molecule has 0 fully saturated rings. The Kier molecular flexibility index (Phi) is 3.43. The quantitative estimate of drug-likeness (QED) is 0.824. The van der Waals surface area contributed by atoms with Gasteiger partial charge in [0.1, 0.15) is 17.3 Å². The fourth-order valence-corrected chi connectivity index (χ4v) is 2.52. The lowest BCUT2D eigenvalue weighted by Crippen LogP contribution is -2.26. The molecule has 0 atom stereocenters. The minimum absolute atomic E-state index is 0.0992. The van der Waals surface area contributed by atoms with Crippen LogP contribution in [0, 0.1) is 0 Å². The Bertz CT molecular complexity index is 668. The van der Waals surface area contributed by atoms with E-state index in [2.05, 4.69) is 10.3 Å². The number of hydrogen-bond acceptors (Lipinski definition) is 5. The third kappa shape index (κ3) is 2.07. The fourth-order valence-electron chi connectivity index (χ4n) is 2.52. The van der Waals surface area contributed by atoms with Crippen LogP contribution in [0.15, 0.2) is 9.32 Å². The van der Waals surface area contributed by atoms with Crippen molar-refractivity contribution in [2.75, 3.05) is 6.61 Å². The van der Waals surface area contributed by atoms with Gasteiger partial charge in [-0.15, -0.1) is 0 Å². The summed E-state index contributed by atoms with van der Waals surface area (Å²) in [6.07, 6.45) is 1.47. The Morgan fingerprint density at radius 3 is 2.90 bits per heavy atom. The van der Waals surface area contributed by atoms with Gasteiger partial charge in [-0.1, -0.05) is 12.1 Å². The summed E-state index contributed by atoms with van der Waals surface area (Å²) in [6, 6.07) is 0. The average molecular weight is 278 g/mol. The van der Waals surface area contributed by atoms with Gasteiger partial charge in [-0.25, -0.2) is 9.48 Å². The van der Waals surface area contributed by atoms with Crippen molar-refractivity contribution in [2.45, 2.75) is 46.4 Å². The average Bonchev–Trinajstić information content (AvgIpc) is 3.01. The summed E-state index contributed by atoms with van der Waals surface area (Å²) in [4.78, 5) is 12.2. The second-order valence-electron chi connectivity index (χ2n) is 4.79. The third-order valence-electron chi connectivity index (χ3n) is 3.60. The molecule has 0 saturated heterocycles. The number of aryl methyl sites for hydroxylation is 1. The van der Waals surface area contributed by atoms with Gasteiger partial charge in [0.25, 0.3) is 0 Å². The van der Waals surface area contributed by atoms with Crippen molar-refractivity contribution < 1.29 is 9.26 Å². The van der Waals surface area contributed by atoms with Crippen LogP contribution in [0.4, 0.5) is 0 Å². The molecule has 0 radical (unpaired) electrons. The predicted octanol–water partition coefficient (Wildman–Crippen LogP) is 0.736. The highest BCUT2D eigenvalue weighted by atomic mass is 16.5. The normalized spacial score (nSPS) is 14.5. The van der Waals surface area contributed by atoms with Gasteiger partial charge < -0.3 is 9.26 Å². The Hall–Kier alpha value is -1.89. The van der Waals surface area contributed by atoms with E-state index in [0.717, 1.165) is 35.7 Å². The largest absolute Gasteiger partial charge is 0.376 e. The van der Waals surface area contributed by atoms with Gasteiger partial charge in [-0.2, -0.15) is 5.10 Å². The van der Waals surface area contributed by atoms with Crippen molar-refractivity contribution in [1.29, 1.82) is 0 Å². The molecule has 0 spiro atoms. The number of ether oxygens (including phenoxy) is 1. The minimum Gasteiger partial charge on any atom is -0.376 e. The molecule has 0 aliphatic carbocycles. The smallest absolute Gasteiger partial charge is 0.346 e. The Morgan fingerprint density at radius 2 is 2.20 bits per heavy atom. The van der Waals surface area contributed by atoms with Gasteiger partial charge in [0, 0.05) is 24.9 Å². The van der Waals surface area contributed by atoms with Crippen LogP contribution in [-0.4, -0.2) is 26.1 Å². The van der Waals surface area contributed by atoms with Gasteiger partial charge in [0.15, 0.2) is 0 Å². The van der Waals surface area contributed by atoms with Gasteiger partial charge in [-0.05, 0) is 6.92 Å². The molecule has 0 amide bonds. The summed E-state index contributed by atoms with van der Waals surface area (Å²) in [5.74, 6) is 1.66. The van der Waals surface area contributed by atoms with E-state index in [1.807, 2.05) is 13.8 Å². The molecule has 7 nitrogen and oxygen atoms in total. The van der Waals surface area contributed by atoms with Crippen LogP contribution in [0.25, 0.3) is 0 Å². The number of fused-ring (bicyclic) bond motifs is 1. The zero-order valence-corrected chi connectivity index (χ0v) is 11.8. The maximum absolute atomic E-state index is 12.2. The molecule has 1 aliphatic heterocycles. The molecule has 0 N–H and O–H groups in total. The molecule has 3 heterocycles. The van der Waals surface area contributed by atoms with Crippen molar-refractivity contribution in [3.8, 4) is 0 Å². The van der Waals surface area contributed by atoms with Crippen molar-refractivity contribution >= 4 is 0 Å². The van der Waals surface area contributed by atoms with Crippen LogP contribution < -0.4 is 5.69 Å². The Balaban J connectivity index is 1.94. The zero-order chi connectivity index (χ0) is 14.1. The molecule has 2 aromatic rings. The highest BCUT2D eigenvalue weighted by Gasteiger charge is 2.21. The number of hydrogen-bond donors (Lipinski definition) is 0. The van der Waals surface area contributed by atoms with Crippen LogP contribution in [0.1, 0.15) is 36.7 Å². The molecule has 1 aliphatic rings. The molecule has 0 aromatic carbocycles. The van der Waals surface area contributed by atoms with Crippen LogP contribution >= 0.6 is 0 Å². The summed E-state index contributed by atoms with van der Waals surface area (Å²) >= 11 is 0. The summed E-state index contributed by atoms with van der Waals surface area (Å²) in [7, 11) is 0. The second-order valence-corrected chi connectivity index (χ2v) is 4.79. The summed E-state index contributed by atoms with van der Waals surface area (Å²) in [6.45, 7) is 6.05. The van der Waals surface area contributed by atoms with E-state index in [4.69, 9.17) is 9.26 Å². The second kappa shape index (κ2) is 5.24. The molecule has 7 heteroatoms. The highest BCUT2D eigenvalue weighted by molar-refractivity contribution is 5.24. The summed E-state index contributed by atoms with van der Waals surface area (Å²) in [5, 5.41) is 8.43. The SMILES string of the molecule is CCc1nn(Cc2noc3c2COCC3)c(=O)n1CC. The topological polar surface area (TPSA) is 75.1 Å². The van der Waals surface area contributed by atoms with E-state index in [9.17, 15) is 4.79 Å².